The summed E-state index contributed by atoms with van der Waals surface area (Å²) in [6, 6.07) is 1.80. The van der Waals surface area contributed by atoms with Crippen molar-refractivity contribution in [2.45, 2.75) is 63.4 Å². The third-order valence-electron chi connectivity index (χ3n) is 6.48. The van der Waals surface area contributed by atoms with E-state index in [0.717, 1.165) is 15.3 Å². The molecule has 2 aliphatic heterocycles. The van der Waals surface area contributed by atoms with E-state index in [9.17, 15) is 22.3 Å². The van der Waals surface area contributed by atoms with E-state index in [-0.39, 0.29) is 11.8 Å². The number of aryl methyl sites for hydroxylation is 2. The Morgan fingerprint density at radius 2 is 2.19 bits per heavy atom. The molecule has 4 rings (SSSR count). The van der Waals surface area contributed by atoms with Gasteiger partial charge in [-0.25, -0.2) is 17.2 Å². The molecule has 1 fully saturated rings. The predicted molar refractivity (Wildman–Crippen MR) is 118 cm³/mol. The number of rotatable bonds is 6. The van der Waals surface area contributed by atoms with Gasteiger partial charge in [-0.1, -0.05) is 0 Å². The van der Waals surface area contributed by atoms with Crippen molar-refractivity contribution < 1.29 is 27.0 Å². The molecule has 1 spiro atoms. The Hall–Kier alpha value is -1.40. The Morgan fingerprint density at radius 3 is 2.84 bits per heavy atom. The van der Waals surface area contributed by atoms with Crippen LogP contribution in [-0.4, -0.2) is 65.8 Å². The molecule has 4 heterocycles. The van der Waals surface area contributed by atoms with Crippen LogP contribution in [0.5, 0.6) is 0 Å². The molecular weight excluding hydrogens is 460 g/mol. The number of aromatic nitrogens is 2. The molecule has 32 heavy (non-hydrogen) atoms. The van der Waals surface area contributed by atoms with Gasteiger partial charge in [0.15, 0.2) is 5.60 Å². The summed E-state index contributed by atoms with van der Waals surface area (Å²) < 4.78 is 57.8. The van der Waals surface area contributed by atoms with Crippen LogP contribution < -0.4 is 0 Å². The van der Waals surface area contributed by atoms with Crippen LogP contribution in [-0.2, 0) is 38.9 Å². The second kappa shape index (κ2) is 8.43. The van der Waals surface area contributed by atoms with Gasteiger partial charge in [0, 0.05) is 52.5 Å². The number of piperidine rings is 1. The molecular formula is C21H29F2N3O4S2. The number of nitrogens with zero attached hydrogens (tertiary/aromatic N) is 3. The maximum absolute atomic E-state index is 13.7. The molecule has 1 unspecified atom stereocenters. The second-order valence-corrected chi connectivity index (χ2v) is 12.6. The molecule has 1 N–H and O–H groups in total. The smallest absolute Gasteiger partial charge is 0.273 e. The van der Waals surface area contributed by atoms with E-state index in [4.69, 9.17) is 4.74 Å². The fraction of sp³-hybridized carbons (Fsp3) is 0.667. The van der Waals surface area contributed by atoms with Gasteiger partial charge < -0.3 is 9.84 Å². The van der Waals surface area contributed by atoms with Crippen molar-refractivity contribution in [3.8, 4) is 0 Å². The van der Waals surface area contributed by atoms with Gasteiger partial charge >= 0.3 is 0 Å². The summed E-state index contributed by atoms with van der Waals surface area (Å²) in [6.45, 7) is 5.23. The number of fused-ring (bicyclic) bond motifs is 2. The minimum atomic E-state index is -3.05. The van der Waals surface area contributed by atoms with Crippen LogP contribution in [0.1, 0.15) is 40.6 Å². The third-order valence-corrected chi connectivity index (χ3v) is 8.64. The van der Waals surface area contributed by atoms with Crippen molar-refractivity contribution >= 4 is 21.2 Å². The van der Waals surface area contributed by atoms with Crippen LogP contribution in [0.25, 0.3) is 0 Å². The number of likely N-dealkylation sites (tertiary alicyclic amines) is 1. The first kappa shape index (κ1) is 23.7. The monoisotopic (exact) mass is 489 g/mol. The minimum absolute atomic E-state index is 0.0433. The molecule has 0 saturated carbocycles. The van der Waals surface area contributed by atoms with Crippen LogP contribution in [0.4, 0.5) is 8.78 Å². The van der Waals surface area contributed by atoms with Crippen molar-refractivity contribution in [2.24, 2.45) is 0 Å². The summed E-state index contributed by atoms with van der Waals surface area (Å²) in [7, 11) is -3.05. The average Bonchev–Trinajstić information content (AvgIpc) is 3.32. The number of alkyl halides is 2. The molecule has 1 saturated heterocycles. The highest BCUT2D eigenvalue weighted by atomic mass is 32.2. The standard InChI is InChI=1S/C21H29F2N3O4S2/c1-14-9-20(18-17(8-15(2)31-18)21(27,13-30-20)19(22)23)4-5-25(14)11-16-10-24-26(12-16)6-7-32(3,28)29/h8,10,12,14,19,27H,4-7,9,11,13H2,1-3H3/t14-,20-,21?/m0/s1. The molecule has 3 atom stereocenters. The van der Waals surface area contributed by atoms with E-state index >= 15 is 0 Å². The minimum Gasteiger partial charge on any atom is -0.377 e. The van der Waals surface area contributed by atoms with Gasteiger partial charge in [0.05, 0.1) is 25.1 Å². The van der Waals surface area contributed by atoms with E-state index in [2.05, 4.69) is 16.9 Å². The number of hydrogen-bond donors (Lipinski definition) is 1. The van der Waals surface area contributed by atoms with Gasteiger partial charge in [-0.05, 0) is 32.8 Å². The molecule has 7 nitrogen and oxygen atoms in total. The van der Waals surface area contributed by atoms with Gasteiger partial charge in [-0.3, -0.25) is 9.58 Å². The summed E-state index contributed by atoms with van der Waals surface area (Å²) >= 11 is 1.43. The van der Waals surface area contributed by atoms with E-state index in [1.165, 1.54) is 17.6 Å². The lowest BCUT2D eigenvalue weighted by atomic mass is 9.78. The summed E-state index contributed by atoms with van der Waals surface area (Å²) in [6.07, 6.45) is 3.19. The second-order valence-electron chi connectivity index (χ2n) is 9.12. The SMILES string of the molecule is Cc1cc2c(s1)[C@@]1(CCN(Cc3cnn(CCS(C)(=O)=O)c3)[C@@H](C)C1)OCC2(O)C(F)F. The number of aliphatic hydroxyl groups is 1. The largest absolute Gasteiger partial charge is 0.377 e. The van der Waals surface area contributed by atoms with Crippen molar-refractivity contribution in [3.63, 3.8) is 0 Å². The quantitative estimate of drug-likeness (QED) is 0.672. The van der Waals surface area contributed by atoms with Crippen molar-refractivity contribution in [1.29, 1.82) is 0 Å². The van der Waals surface area contributed by atoms with Gasteiger partial charge in [0.2, 0.25) is 0 Å². The van der Waals surface area contributed by atoms with Crippen LogP contribution >= 0.6 is 11.3 Å². The number of thiophene rings is 1. The number of ether oxygens (including phenoxy) is 1. The summed E-state index contributed by atoms with van der Waals surface area (Å²) in [5, 5.41) is 14.9. The molecule has 178 valence electrons. The van der Waals surface area contributed by atoms with E-state index in [1.54, 1.807) is 16.9 Å². The molecule has 0 amide bonds. The normalized spacial score (nSPS) is 29.0. The highest BCUT2D eigenvalue weighted by Gasteiger charge is 2.54. The van der Waals surface area contributed by atoms with Crippen LogP contribution in [0.2, 0.25) is 0 Å². The molecule has 0 radical (unpaired) electrons. The number of halogens is 2. The molecule has 11 heteroatoms. The van der Waals surface area contributed by atoms with E-state index < -0.39 is 34.1 Å². The lowest BCUT2D eigenvalue weighted by Crippen LogP contribution is -2.54. The summed E-state index contributed by atoms with van der Waals surface area (Å²) in [4.78, 5) is 3.90. The molecule has 2 aromatic rings. The van der Waals surface area contributed by atoms with Crippen LogP contribution in [0.15, 0.2) is 18.5 Å². The van der Waals surface area contributed by atoms with Gasteiger partial charge in [0.25, 0.3) is 6.43 Å². The Balaban J connectivity index is 1.47. The number of hydrogen-bond acceptors (Lipinski definition) is 7. The zero-order chi connectivity index (χ0) is 23.3. The molecule has 0 bridgehead atoms. The lowest BCUT2D eigenvalue weighted by molar-refractivity contribution is -0.210. The topological polar surface area (TPSA) is 84.7 Å². The molecule has 2 aliphatic rings. The maximum atomic E-state index is 13.7. The maximum Gasteiger partial charge on any atom is 0.273 e. The van der Waals surface area contributed by atoms with E-state index in [0.29, 0.717) is 38.0 Å². The summed E-state index contributed by atoms with van der Waals surface area (Å²) in [5.41, 5.74) is -1.61. The highest BCUT2D eigenvalue weighted by molar-refractivity contribution is 7.90. The number of sulfone groups is 1. The van der Waals surface area contributed by atoms with Gasteiger partial charge in [-0.15, -0.1) is 11.3 Å². The zero-order valence-corrected chi connectivity index (χ0v) is 20.1. The highest BCUT2D eigenvalue weighted by Crippen LogP contribution is 2.52. The first-order valence-electron chi connectivity index (χ1n) is 10.6. The van der Waals surface area contributed by atoms with Gasteiger partial charge in [0.1, 0.15) is 15.4 Å². The third kappa shape index (κ3) is 4.50. The molecule has 2 aromatic heterocycles. The van der Waals surface area contributed by atoms with Crippen LogP contribution in [0.3, 0.4) is 0 Å². The fourth-order valence-corrected chi connectivity index (χ4v) is 6.47. The Kier molecular flexibility index (Phi) is 6.25. The Bertz CT molecular complexity index is 1090. The van der Waals surface area contributed by atoms with Crippen molar-refractivity contribution in [1.82, 2.24) is 14.7 Å². The fourth-order valence-electron chi connectivity index (χ4n) is 4.68. The summed E-state index contributed by atoms with van der Waals surface area (Å²) in [5.74, 6) is 0.0433. The first-order valence-corrected chi connectivity index (χ1v) is 13.5. The Morgan fingerprint density at radius 1 is 1.44 bits per heavy atom. The predicted octanol–water partition coefficient (Wildman–Crippen LogP) is 2.66. The van der Waals surface area contributed by atoms with Gasteiger partial charge in [-0.2, -0.15) is 5.10 Å². The Labute approximate surface area is 190 Å². The molecule has 0 aromatic carbocycles. The lowest BCUT2D eigenvalue weighted by Gasteiger charge is -2.49. The average molecular weight is 490 g/mol. The first-order chi connectivity index (χ1) is 14.9. The van der Waals surface area contributed by atoms with Crippen LogP contribution in [0, 0.1) is 6.92 Å². The van der Waals surface area contributed by atoms with Crippen molar-refractivity contribution in [3.05, 3.63) is 39.3 Å². The molecule has 0 aliphatic carbocycles. The zero-order valence-electron chi connectivity index (χ0n) is 18.4. The van der Waals surface area contributed by atoms with E-state index in [1.807, 2.05) is 13.1 Å². The van der Waals surface area contributed by atoms with Crippen molar-refractivity contribution in [2.75, 3.05) is 25.2 Å².